The van der Waals surface area contributed by atoms with E-state index in [2.05, 4.69) is 23.4 Å². The Balaban J connectivity index is 1.87. The smallest absolute Gasteiger partial charge is 0.0702 e. The maximum Gasteiger partial charge on any atom is 0.0702 e. The molecular formula is C12H24N2OS. The lowest BCUT2D eigenvalue weighted by Crippen LogP contribution is -2.45. The van der Waals surface area contributed by atoms with E-state index in [1.807, 2.05) is 11.8 Å². The average Bonchev–Trinajstić information content (AvgIpc) is 2.96. The van der Waals surface area contributed by atoms with Crippen LogP contribution in [0.5, 0.6) is 0 Å². The first-order valence-corrected chi connectivity index (χ1v) is 7.73. The predicted octanol–water partition coefficient (Wildman–Crippen LogP) is 1.19. The summed E-state index contributed by atoms with van der Waals surface area (Å²) in [6.07, 6.45) is 5.21. The van der Waals surface area contributed by atoms with E-state index >= 15 is 0 Å². The lowest BCUT2D eigenvalue weighted by atomic mass is 10.1. The van der Waals surface area contributed by atoms with Crippen molar-refractivity contribution < 1.29 is 4.74 Å². The second-order valence-corrected chi connectivity index (χ2v) is 5.80. The van der Waals surface area contributed by atoms with Crippen molar-refractivity contribution in [2.24, 2.45) is 0 Å². The Morgan fingerprint density at radius 1 is 1.44 bits per heavy atom. The molecule has 0 bridgehead atoms. The fourth-order valence-electron chi connectivity index (χ4n) is 2.79. The molecule has 3 nitrogen and oxygen atoms in total. The summed E-state index contributed by atoms with van der Waals surface area (Å²) in [5.41, 5.74) is 0. The third kappa shape index (κ3) is 2.92. The molecule has 0 amide bonds. The minimum atomic E-state index is 0.489. The number of thioether (sulfide) groups is 1. The van der Waals surface area contributed by atoms with Crippen LogP contribution < -0.4 is 5.32 Å². The number of likely N-dealkylation sites (N-methyl/N-ethyl adjacent to an activating group) is 1. The molecule has 0 aromatic heterocycles. The molecule has 3 unspecified atom stereocenters. The molecule has 4 heteroatoms. The van der Waals surface area contributed by atoms with Gasteiger partial charge in [-0.25, -0.2) is 0 Å². The molecule has 0 aromatic rings. The second kappa shape index (κ2) is 6.24. The zero-order valence-electron chi connectivity index (χ0n) is 10.4. The molecule has 1 N–H and O–H groups in total. The summed E-state index contributed by atoms with van der Waals surface area (Å²) >= 11 is 2.00. The van der Waals surface area contributed by atoms with Crippen LogP contribution in [0.2, 0.25) is 0 Å². The molecule has 0 saturated carbocycles. The summed E-state index contributed by atoms with van der Waals surface area (Å²) in [7, 11) is 0. The minimum absolute atomic E-state index is 0.489. The Labute approximate surface area is 103 Å². The molecule has 0 aromatic carbocycles. The van der Waals surface area contributed by atoms with E-state index < -0.39 is 0 Å². The molecule has 2 saturated heterocycles. The molecule has 0 aliphatic carbocycles. The van der Waals surface area contributed by atoms with E-state index in [1.54, 1.807) is 0 Å². The molecule has 94 valence electrons. The summed E-state index contributed by atoms with van der Waals surface area (Å²) in [4.78, 5) is 2.61. The lowest BCUT2D eigenvalue weighted by Gasteiger charge is -2.32. The van der Waals surface area contributed by atoms with Gasteiger partial charge in [0, 0.05) is 37.5 Å². The van der Waals surface area contributed by atoms with E-state index in [4.69, 9.17) is 4.74 Å². The van der Waals surface area contributed by atoms with E-state index in [0.717, 1.165) is 38.0 Å². The van der Waals surface area contributed by atoms with Crippen LogP contribution >= 0.6 is 11.8 Å². The summed E-state index contributed by atoms with van der Waals surface area (Å²) < 4.78 is 5.74. The van der Waals surface area contributed by atoms with Crippen LogP contribution in [-0.2, 0) is 4.74 Å². The highest BCUT2D eigenvalue weighted by Crippen LogP contribution is 2.22. The van der Waals surface area contributed by atoms with Gasteiger partial charge in [-0.05, 0) is 25.6 Å². The van der Waals surface area contributed by atoms with E-state index in [9.17, 15) is 0 Å². The van der Waals surface area contributed by atoms with Crippen molar-refractivity contribution in [1.29, 1.82) is 0 Å². The van der Waals surface area contributed by atoms with Gasteiger partial charge >= 0.3 is 0 Å². The Bertz CT molecular complexity index is 209. The first-order valence-electron chi connectivity index (χ1n) is 6.44. The largest absolute Gasteiger partial charge is 0.377 e. The first-order chi connectivity index (χ1) is 7.85. The fraction of sp³-hybridized carbons (Fsp3) is 1.00. The van der Waals surface area contributed by atoms with Gasteiger partial charge in [0.1, 0.15) is 0 Å². The quantitative estimate of drug-likeness (QED) is 0.785. The monoisotopic (exact) mass is 244 g/mol. The van der Waals surface area contributed by atoms with Crippen molar-refractivity contribution in [3.8, 4) is 0 Å². The molecule has 3 atom stereocenters. The van der Waals surface area contributed by atoms with Gasteiger partial charge in [-0.3, -0.25) is 4.90 Å². The fourth-order valence-corrected chi connectivity index (χ4v) is 3.66. The number of hydrogen-bond donors (Lipinski definition) is 1. The van der Waals surface area contributed by atoms with E-state index in [0.29, 0.717) is 12.1 Å². The van der Waals surface area contributed by atoms with Crippen LogP contribution in [0.15, 0.2) is 0 Å². The highest BCUT2D eigenvalue weighted by molar-refractivity contribution is 7.99. The third-order valence-electron chi connectivity index (χ3n) is 3.77. The van der Waals surface area contributed by atoms with Gasteiger partial charge < -0.3 is 10.1 Å². The number of hydrogen-bond acceptors (Lipinski definition) is 4. The van der Waals surface area contributed by atoms with Gasteiger partial charge in [0.15, 0.2) is 0 Å². The molecular weight excluding hydrogens is 220 g/mol. The summed E-state index contributed by atoms with van der Waals surface area (Å²) in [6.45, 7) is 7.81. The maximum atomic E-state index is 5.74. The molecule has 0 spiro atoms. The topological polar surface area (TPSA) is 24.5 Å². The van der Waals surface area contributed by atoms with Gasteiger partial charge in [-0.1, -0.05) is 6.92 Å². The van der Waals surface area contributed by atoms with Crippen LogP contribution in [0.3, 0.4) is 0 Å². The predicted molar refractivity (Wildman–Crippen MR) is 70.2 cm³/mol. The molecule has 2 aliphatic heterocycles. The van der Waals surface area contributed by atoms with Gasteiger partial charge in [0.25, 0.3) is 0 Å². The standard InChI is InChI=1S/C12H24N2OS/c1-3-14(9-10-5-4-6-15-10)11-7-13-8-12(11)16-2/h10-13H,3-9H2,1-2H3. The number of nitrogens with zero attached hydrogens (tertiary/aromatic N) is 1. The second-order valence-electron chi connectivity index (χ2n) is 4.72. The number of nitrogens with one attached hydrogen (secondary N) is 1. The van der Waals surface area contributed by atoms with Crippen LogP contribution in [-0.4, -0.2) is 61.3 Å². The Hall–Kier alpha value is 0.230. The van der Waals surface area contributed by atoms with E-state index in [-0.39, 0.29) is 0 Å². The van der Waals surface area contributed by atoms with Gasteiger partial charge in [-0.2, -0.15) is 11.8 Å². The molecule has 2 heterocycles. The third-order valence-corrected chi connectivity index (χ3v) is 4.85. The summed E-state index contributed by atoms with van der Waals surface area (Å²) in [5, 5.41) is 4.26. The van der Waals surface area contributed by atoms with Crippen LogP contribution in [0.1, 0.15) is 19.8 Å². The molecule has 16 heavy (non-hydrogen) atoms. The number of ether oxygens (including phenoxy) is 1. The van der Waals surface area contributed by atoms with Crippen molar-refractivity contribution in [1.82, 2.24) is 10.2 Å². The van der Waals surface area contributed by atoms with Crippen molar-refractivity contribution in [2.75, 3.05) is 39.0 Å². The SMILES string of the molecule is CCN(CC1CCCO1)C1CNCC1SC. The summed E-state index contributed by atoms with van der Waals surface area (Å²) in [5.74, 6) is 0. The molecule has 0 radical (unpaired) electrons. The summed E-state index contributed by atoms with van der Waals surface area (Å²) in [6, 6.07) is 0.698. The zero-order chi connectivity index (χ0) is 11.4. The Morgan fingerprint density at radius 2 is 2.31 bits per heavy atom. The van der Waals surface area contributed by atoms with Crippen LogP contribution in [0.25, 0.3) is 0 Å². The molecule has 2 rings (SSSR count). The van der Waals surface area contributed by atoms with Crippen molar-refractivity contribution in [3.63, 3.8) is 0 Å². The number of rotatable bonds is 5. The Morgan fingerprint density at radius 3 is 2.94 bits per heavy atom. The van der Waals surface area contributed by atoms with Gasteiger partial charge in [0.05, 0.1) is 6.10 Å². The highest BCUT2D eigenvalue weighted by Gasteiger charge is 2.32. The minimum Gasteiger partial charge on any atom is -0.377 e. The first kappa shape index (κ1) is 12.7. The van der Waals surface area contributed by atoms with Gasteiger partial charge in [-0.15, -0.1) is 0 Å². The lowest BCUT2D eigenvalue weighted by molar-refractivity contribution is 0.0629. The molecule has 2 fully saturated rings. The molecule has 2 aliphatic rings. The van der Waals surface area contributed by atoms with E-state index in [1.165, 1.54) is 12.8 Å². The maximum absolute atomic E-state index is 5.74. The van der Waals surface area contributed by atoms with Gasteiger partial charge in [0.2, 0.25) is 0 Å². The zero-order valence-corrected chi connectivity index (χ0v) is 11.3. The van der Waals surface area contributed by atoms with Crippen molar-refractivity contribution in [3.05, 3.63) is 0 Å². The Kier molecular flexibility index (Phi) is 4.95. The van der Waals surface area contributed by atoms with Crippen molar-refractivity contribution in [2.45, 2.75) is 37.2 Å². The highest BCUT2D eigenvalue weighted by atomic mass is 32.2. The normalized spacial score (nSPS) is 35.1. The van der Waals surface area contributed by atoms with Crippen molar-refractivity contribution >= 4 is 11.8 Å². The average molecular weight is 244 g/mol. The van der Waals surface area contributed by atoms with Crippen LogP contribution in [0, 0.1) is 0 Å². The van der Waals surface area contributed by atoms with Crippen LogP contribution in [0.4, 0.5) is 0 Å².